The lowest BCUT2D eigenvalue weighted by Crippen LogP contribution is -2.18. The lowest BCUT2D eigenvalue weighted by molar-refractivity contribution is 0.0549. The van der Waals surface area contributed by atoms with Crippen LogP contribution in [0, 0.1) is 5.41 Å². The summed E-state index contributed by atoms with van der Waals surface area (Å²) < 4.78 is 16.3. The highest BCUT2D eigenvalue weighted by atomic mass is 16.5. The van der Waals surface area contributed by atoms with Gasteiger partial charge in [-0.15, -0.1) is 0 Å². The van der Waals surface area contributed by atoms with Crippen LogP contribution in [0.4, 0.5) is 0 Å². The Kier molecular flexibility index (Phi) is 7.13. The Bertz CT molecular complexity index is 861. The van der Waals surface area contributed by atoms with Gasteiger partial charge >= 0.3 is 5.97 Å². The topological polar surface area (TPSA) is 65.7 Å². The summed E-state index contributed by atoms with van der Waals surface area (Å²) in [5, 5.41) is 0. The van der Waals surface area contributed by atoms with Crippen LogP contribution in [0.1, 0.15) is 73.7 Å². The lowest BCUT2D eigenvalue weighted by atomic mass is 9.78. The van der Waals surface area contributed by atoms with Gasteiger partial charge in [-0.1, -0.05) is 62.9 Å². The van der Waals surface area contributed by atoms with E-state index in [0.29, 0.717) is 12.2 Å². The number of benzene rings is 1. The smallest absolute Gasteiger partial charge is 0.378 e. The number of carbonyl (C=O) groups is 1. The third kappa shape index (κ3) is 5.72. The zero-order chi connectivity index (χ0) is 20.7. The third-order valence-electron chi connectivity index (χ3n) is 5.84. The van der Waals surface area contributed by atoms with E-state index in [4.69, 9.17) is 13.9 Å². The largest absolute Gasteiger partial charge is 0.481 e. The first kappa shape index (κ1) is 21.2. The third-order valence-corrected chi connectivity index (χ3v) is 5.84. The first-order valence-corrected chi connectivity index (χ1v) is 10.4. The molecule has 2 aromatic rings. The van der Waals surface area contributed by atoms with Gasteiger partial charge in [0.05, 0.1) is 7.11 Å². The molecule has 0 saturated heterocycles. The van der Waals surface area contributed by atoms with E-state index < -0.39 is 5.97 Å². The predicted octanol–water partition coefficient (Wildman–Crippen LogP) is 5.30. The number of rotatable bonds is 7. The van der Waals surface area contributed by atoms with Crippen molar-refractivity contribution in [1.82, 2.24) is 0 Å². The van der Waals surface area contributed by atoms with Crippen LogP contribution in [-0.2, 0) is 17.8 Å². The molecule has 0 N–H and O–H groups in total. The number of hydrogen-bond acceptors (Lipinski definition) is 5. The number of carbonyl (C=O) groups excluding carboxylic acids is 1. The zero-order valence-corrected chi connectivity index (χ0v) is 17.4. The molecule has 0 amide bonds. The van der Waals surface area contributed by atoms with Crippen molar-refractivity contribution >= 4 is 5.97 Å². The minimum Gasteiger partial charge on any atom is -0.481 e. The molecule has 5 nitrogen and oxygen atoms in total. The monoisotopic (exact) mass is 398 g/mol. The van der Waals surface area contributed by atoms with E-state index >= 15 is 0 Å². The second kappa shape index (κ2) is 9.77. The van der Waals surface area contributed by atoms with Crippen molar-refractivity contribution in [2.75, 3.05) is 7.11 Å². The van der Waals surface area contributed by atoms with Gasteiger partial charge in [-0.05, 0) is 30.2 Å². The van der Waals surface area contributed by atoms with Crippen molar-refractivity contribution in [3.8, 4) is 5.75 Å². The first-order valence-electron chi connectivity index (χ1n) is 10.4. The maximum absolute atomic E-state index is 12.7. The highest BCUT2D eigenvalue weighted by Crippen LogP contribution is 2.38. The second-order valence-electron chi connectivity index (χ2n) is 8.23. The van der Waals surface area contributed by atoms with Gasteiger partial charge in [0.15, 0.2) is 0 Å². The fraction of sp³-hybridized carbons (Fsp3) is 0.500. The fourth-order valence-corrected chi connectivity index (χ4v) is 4.00. The summed E-state index contributed by atoms with van der Waals surface area (Å²) in [5.41, 5.74) is 0.796. The summed E-state index contributed by atoms with van der Waals surface area (Å²) >= 11 is 0. The van der Waals surface area contributed by atoms with Crippen LogP contribution >= 0.6 is 0 Å². The Hall–Kier alpha value is -2.56. The summed E-state index contributed by atoms with van der Waals surface area (Å²) in [5.74, 6) is -0.442. The molecule has 1 aromatic carbocycles. The molecule has 0 bridgehead atoms. The number of ether oxygens (including phenoxy) is 2. The Morgan fingerprint density at radius 3 is 2.45 bits per heavy atom. The van der Waals surface area contributed by atoms with Crippen LogP contribution in [0.5, 0.6) is 5.75 Å². The van der Waals surface area contributed by atoms with Gasteiger partial charge < -0.3 is 13.9 Å². The zero-order valence-electron chi connectivity index (χ0n) is 17.4. The molecular weight excluding hydrogens is 368 g/mol. The van der Waals surface area contributed by atoms with E-state index in [1.54, 1.807) is 0 Å². The van der Waals surface area contributed by atoms with Crippen molar-refractivity contribution in [2.24, 2.45) is 5.41 Å². The van der Waals surface area contributed by atoms with E-state index in [9.17, 15) is 9.59 Å². The molecule has 156 valence electrons. The van der Waals surface area contributed by atoms with Crippen molar-refractivity contribution in [2.45, 2.75) is 64.9 Å². The van der Waals surface area contributed by atoms with E-state index in [-0.39, 0.29) is 29.0 Å². The SMILES string of the molecule is COC(=O)c1oc(CCC2(C)CCCCCC2)cc(=O)c1OCc1ccccc1. The molecule has 1 heterocycles. The average Bonchev–Trinajstić information content (AvgIpc) is 2.96. The van der Waals surface area contributed by atoms with E-state index in [2.05, 4.69) is 6.92 Å². The van der Waals surface area contributed by atoms with Crippen LogP contribution in [-0.4, -0.2) is 13.1 Å². The number of aryl methyl sites for hydroxylation is 1. The average molecular weight is 398 g/mol. The van der Waals surface area contributed by atoms with E-state index in [1.165, 1.54) is 51.7 Å². The molecule has 29 heavy (non-hydrogen) atoms. The summed E-state index contributed by atoms with van der Waals surface area (Å²) in [6.07, 6.45) is 9.03. The maximum Gasteiger partial charge on any atom is 0.378 e. The first-order chi connectivity index (χ1) is 14.0. The molecule has 0 spiro atoms. The molecule has 1 aliphatic rings. The normalized spacial score (nSPS) is 16.1. The Morgan fingerprint density at radius 1 is 1.10 bits per heavy atom. The number of esters is 1. The van der Waals surface area contributed by atoms with Crippen LogP contribution in [0.2, 0.25) is 0 Å². The highest BCUT2D eigenvalue weighted by molar-refractivity contribution is 5.89. The molecule has 0 atom stereocenters. The van der Waals surface area contributed by atoms with Gasteiger partial charge in [0.1, 0.15) is 12.4 Å². The van der Waals surface area contributed by atoms with Gasteiger partial charge in [-0.2, -0.15) is 0 Å². The summed E-state index contributed by atoms with van der Waals surface area (Å²) in [6, 6.07) is 10.9. The van der Waals surface area contributed by atoms with Gasteiger partial charge in [0.2, 0.25) is 11.2 Å². The van der Waals surface area contributed by atoms with E-state index in [0.717, 1.165) is 12.0 Å². The molecule has 1 aliphatic carbocycles. The number of methoxy groups -OCH3 is 1. The quantitative estimate of drug-likeness (QED) is 0.468. The van der Waals surface area contributed by atoms with Crippen molar-refractivity contribution < 1.29 is 18.7 Å². The van der Waals surface area contributed by atoms with Crippen molar-refractivity contribution in [3.63, 3.8) is 0 Å². The van der Waals surface area contributed by atoms with Gasteiger partial charge in [-0.25, -0.2) is 4.79 Å². The van der Waals surface area contributed by atoms with Crippen molar-refractivity contribution in [3.05, 3.63) is 63.7 Å². The molecule has 3 rings (SSSR count). The minimum atomic E-state index is -0.701. The van der Waals surface area contributed by atoms with Crippen LogP contribution in [0.3, 0.4) is 0 Å². The number of hydrogen-bond donors (Lipinski definition) is 0. The molecule has 5 heteroatoms. The molecule has 0 radical (unpaired) electrons. The van der Waals surface area contributed by atoms with Crippen molar-refractivity contribution in [1.29, 1.82) is 0 Å². The fourth-order valence-electron chi connectivity index (χ4n) is 4.00. The highest BCUT2D eigenvalue weighted by Gasteiger charge is 2.27. The molecule has 1 saturated carbocycles. The van der Waals surface area contributed by atoms with Crippen LogP contribution in [0.25, 0.3) is 0 Å². The van der Waals surface area contributed by atoms with Crippen LogP contribution in [0.15, 0.2) is 45.6 Å². The molecule has 0 aliphatic heterocycles. The summed E-state index contributed by atoms with van der Waals surface area (Å²) in [6.45, 7) is 2.49. The molecule has 1 fully saturated rings. The Morgan fingerprint density at radius 2 is 1.79 bits per heavy atom. The van der Waals surface area contributed by atoms with Gasteiger partial charge in [-0.3, -0.25) is 4.79 Å². The summed E-state index contributed by atoms with van der Waals surface area (Å²) in [4.78, 5) is 24.9. The Balaban J connectivity index is 1.78. The van der Waals surface area contributed by atoms with Gasteiger partial charge in [0, 0.05) is 12.5 Å². The van der Waals surface area contributed by atoms with Crippen LogP contribution < -0.4 is 10.2 Å². The lowest BCUT2D eigenvalue weighted by Gasteiger charge is -2.27. The maximum atomic E-state index is 12.7. The predicted molar refractivity (Wildman–Crippen MR) is 111 cm³/mol. The van der Waals surface area contributed by atoms with E-state index in [1.807, 2.05) is 30.3 Å². The standard InChI is InChI=1S/C24H30O5/c1-24(13-8-3-4-9-14-24)15-12-19-16-20(25)21(22(29-19)23(26)27-2)28-17-18-10-6-5-7-11-18/h5-7,10-11,16H,3-4,8-9,12-15,17H2,1-2H3. The van der Waals surface area contributed by atoms with Gasteiger partial charge in [0.25, 0.3) is 5.76 Å². The molecular formula is C24H30O5. The Labute approximate surface area is 172 Å². The summed E-state index contributed by atoms with van der Waals surface area (Å²) in [7, 11) is 1.27. The molecule has 1 aromatic heterocycles. The second-order valence-corrected chi connectivity index (χ2v) is 8.23. The minimum absolute atomic E-state index is 0.0925. The molecule has 0 unspecified atom stereocenters.